The molecule has 0 aromatic carbocycles. The number of esters is 4. The van der Waals surface area contributed by atoms with Crippen molar-refractivity contribution in [3.05, 3.63) is 0 Å². The van der Waals surface area contributed by atoms with Crippen LogP contribution in [0.15, 0.2) is 0 Å². The lowest BCUT2D eigenvalue weighted by atomic mass is 9.99. The third-order valence-electron chi connectivity index (χ3n) is 2.93. The van der Waals surface area contributed by atoms with Gasteiger partial charge in [-0.1, -0.05) is 15.9 Å². The van der Waals surface area contributed by atoms with Gasteiger partial charge in [0.25, 0.3) is 0 Å². The molecule has 10 heteroatoms. The lowest BCUT2D eigenvalue weighted by Gasteiger charge is -2.42. The van der Waals surface area contributed by atoms with E-state index < -0.39 is 53.3 Å². The number of halogens is 1. The molecule has 0 radical (unpaired) electrons. The molecule has 0 saturated carbocycles. The molecule has 1 aliphatic heterocycles. The summed E-state index contributed by atoms with van der Waals surface area (Å²) in [7, 11) is 0. The Labute approximate surface area is 147 Å². The van der Waals surface area contributed by atoms with Crippen molar-refractivity contribution in [2.24, 2.45) is 0 Å². The van der Waals surface area contributed by atoms with Gasteiger partial charge in [-0.25, -0.2) is 0 Å². The molecule has 0 N–H and O–H groups in total. The summed E-state index contributed by atoms with van der Waals surface area (Å²) in [5.74, 6) is -2.52. The Morgan fingerprint density at radius 3 is 1.71 bits per heavy atom. The van der Waals surface area contributed by atoms with Gasteiger partial charge < -0.3 is 23.7 Å². The number of alkyl halides is 1. The fourth-order valence-electron chi connectivity index (χ4n) is 2.18. The summed E-state index contributed by atoms with van der Waals surface area (Å²) >= 11 is 3.18. The zero-order valence-corrected chi connectivity index (χ0v) is 15.2. The minimum atomic E-state index is -1.13. The smallest absolute Gasteiger partial charge is 0.303 e. The van der Waals surface area contributed by atoms with Gasteiger partial charge >= 0.3 is 23.9 Å². The molecule has 1 rings (SSSR count). The minimum absolute atomic E-state index is 0.236. The first kappa shape index (κ1) is 20.4. The van der Waals surface area contributed by atoms with Crippen molar-refractivity contribution in [3.63, 3.8) is 0 Å². The van der Waals surface area contributed by atoms with Gasteiger partial charge in [-0.15, -0.1) is 0 Å². The average molecular weight is 411 g/mol. The van der Waals surface area contributed by atoms with Crippen LogP contribution in [0, 0.1) is 0 Å². The van der Waals surface area contributed by atoms with Crippen LogP contribution in [0.2, 0.25) is 0 Å². The van der Waals surface area contributed by atoms with Crippen LogP contribution >= 0.6 is 15.9 Å². The predicted octanol–water partition coefficient (Wildman–Crippen LogP) is 0.464. The highest BCUT2D eigenvalue weighted by Crippen LogP contribution is 2.31. The van der Waals surface area contributed by atoms with Gasteiger partial charge in [-0.3, -0.25) is 19.2 Å². The monoisotopic (exact) mass is 410 g/mol. The van der Waals surface area contributed by atoms with Crippen LogP contribution in [-0.2, 0) is 42.9 Å². The molecule has 1 fully saturated rings. The summed E-state index contributed by atoms with van der Waals surface area (Å²) < 4.78 is 25.9. The standard InChI is InChI=1S/C14H19BrO9/c1-6(16)20-5-10-11(21-7(2)17)12(22-8(3)18)13(14(15)24-10)23-9(4)19/h10-14H,5H2,1-4H3/t10-,11+,12+,13+,14+/m1/s1. The van der Waals surface area contributed by atoms with E-state index in [-0.39, 0.29) is 6.61 Å². The Morgan fingerprint density at radius 2 is 1.25 bits per heavy atom. The third kappa shape index (κ3) is 6.08. The Bertz CT molecular complexity index is 506. The third-order valence-corrected chi connectivity index (χ3v) is 3.67. The molecular formula is C14H19BrO9. The molecule has 0 aliphatic carbocycles. The lowest BCUT2D eigenvalue weighted by Crippen LogP contribution is -2.60. The highest BCUT2D eigenvalue weighted by atomic mass is 79.9. The molecule has 1 heterocycles. The molecule has 24 heavy (non-hydrogen) atoms. The van der Waals surface area contributed by atoms with E-state index >= 15 is 0 Å². The van der Waals surface area contributed by atoms with Crippen molar-refractivity contribution in [1.29, 1.82) is 0 Å². The first-order chi connectivity index (χ1) is 11.1. The van der Waals surface area contributed by atoms with Crippen LogP contribution in [-0.4, -0.2) is 59.9 Å². The molecule has 5 atom stereocenters. The highest BCUT2D eigenvalue weighted by molar-refractivity contribution is 9.09. The molecular weight excluding hydrogens is 392 g/mol. The highest BCUT2D eigenvalue weighted by Gasteiger charge is 2.51. The van der Waals surface area contributed by atoms with E-state index in [4.69, 9.17) is 23.7 Å². The zero-order chi connectivity index (χ0) is 18.4. The van der Waals surface area contributed by atoms with Crippen molar-refractivity contribution < 1.29 is 42.9 Å². The van der Waals surface area contributed by atoms with Crippen LogP contribution in [0.4, 0.5) is 0 Å². The molecule has 1 aliphatic rings. The molecule has 0 aromatic rings. The fourth-order valence-corrected chi connectivity index (χ4v) is 2.86. The first-order valence-corrected chi connectivity index (χ1v) is 7.98. The number of hydrogen-bond acceptors (Lipinski definition) is 9. The minimum Gasteiger partial charge on any atom is -0.463 e. The second-order valence-electron chi connectivity index (χ2n) is 5.05. The molecule has 136 valence electrons. The van der Waals surface area contributed by atoms with Crippen LogP contribution in [0.5, 0.6) is 0 Å². The molecule has 0 bridgehead atoms. The van der Waals surface area contributed by atoms with Gasteiger partial charge in [0.15, 0.2) is 23.3 Å². The van der Waals surface area contributed by atoms with Crippen molar-refractivity contribution in [1.82, 2.24) is 0 Å². The SMILES string of the molecule is CC(=O)OC[C@H]1O[C@H](Br)[C@@H](OC(C)=O)[C@@H](OC(C)=O)[C@H]1OC(C)=O. The summed E-state index contributed by atoms with van der Waals surface area (Å²) in [6, 6.07) is 0. The zero-order valence-electron chi connectivity index (χ0n) is 13.6. The Balaban J connectivity index is 3.11. The van der Waals surface area contributed by atoms with E-state index in [0.29, 0.717) is 0 Å². The molecule has 0 amide bonds. The number of carbonyl (C=O) groups is 4. The maximum Gasteiger partial charge on any atom is 0.303 e. The summed E-state index contributed by atoms with van der Waals surface area (Å²) in [5, 5.41) is -0.863. The van der Waals surface area contributed by atoms with Crippen molar-refractivity contribution >= 4 is 39.8 Å². The van der Waals surface area contributed by atoms with E-state index in [1.54, 1.807) is 0 Å². The number of ether oxygens (including phenoxy) is 5. The van der Waals surface area contributed by atoms with Crippen LogP contribution in [0.25, 0.3) is 0 Å². The van der Waals surface area contributed by atoms with E-state index in [1.165, 1.54) is 13.8 Å². The Morgan fingerprint density at radius 1 is 0.792 bits per heavy atom. The summed E-state index contributed by atoms with van der Waals surface area (Å²) in [4.78, 5) is 45.1. The van der Waals surface area contributed by atoms with Gasteiger partial charge in [0.05, 0.1) is 0 Å². The molecule has 0 unspecified atom stereocenters. The summed E-state index contributed by atoms with van der Waals surface area (Å²) in [5.41, 5.74) is 0. The number of hydrogen-bond donors (Lipinski definition) is 0. The fraction of sp³-hybridized carbons (Fsp3) is 0.714. The second-order valence-corrected chi connectivity index (χ2v) is 5.95. The van der Waals surface area contributed by atoms with E-state index in [9.17, 15) is 19.2 Å². The van der Waals surface area contributed by atoms with Gasteiger partial charge in [-0.2, -0.15) is 0 Å². The van der Waals surface area contributed by atoms with Gasteiger partial charge in [-0.05, 0) is 0 Å². The largest absolute Gasteiger partial charge is 0.463 e. The molecule has 0 aromatic heterocycles. The van der Waals surface area contributed by atoms with E-state index in [2.05, 4.69) is 15.9 Å². The quantitative estimate of drug-likeness (QED) is 0.362. The predicted molar refractivity (Wildman–Crippen MR) is 80.9 cm³/mol. The van der Waals surface area contributed by atoms with Crippen molar-refractivity contribution in [3.8, 4) is 0 Å². The normalized spacial score (nSPS) is 29.3. The average Bonchev–Trinajstić information content (AvgIpc) is 2.42. The van der Waals surface area contributed by atoms with Gasteiger partial charge in [0.1, 0.15) is 12.7 Å². The van der Waals surface area contributed by atoms with Crippen molar-refractivity contribution in [2.45, 2.75) is 57.1 Å². The molecule has 1 saturated heterocycles. The van der Waals surface area contributed by atoms with E-state index in [0.717, 1.165) is 13.8 Å². The van der Waals surface area contributed by atoms with Crippen LogP contribution < -0.4 is 0 Å². The van der Waals surface area contributed by atoms with Gasteiger partial charge in [0, 0.05) is 27.7 Å². The first-order valence-electron chi connectivity index (χ1n) is 7.06. The lowest BCUT2D eigenvalue weighted by molar-refractivity contribution is -0.236. The Kier molecular flexibility index (Phi) is 7.61. The van der Waals surface area contributed by atoms with Gasteiger partial charge in [0.2, 0.25) is 0 Å². The maximum atomic E-state index is 11.4. The topological polar surface area (TPSA) is 114 Å². The molecule has 0 spiro atoms. The van der Waals surface area contributed by atoms with Crippen LogP contribution in [0.1, 0.15) is 27.7 Å². The van der Waals surface area contributed by atoms with Crippen LogP contribution in [0.3, 0.4) is 0 Å². The van der Waals surface area contributed by atoms with E-state index in [1.807, 2.05) is 0 Å². The Hall–Kier alpha value is -1.68. The maximum absolute atomic E-state index is 11.4. The van der Waals surface area contributed by atoms with Crippen molar-refractivity contribution in [2.75, 3.05) is 6.61 Å². The number of carbonyl (C=O) groups excluding carboxylic acids is 4. The number of rotatable bonds is 5. The second kappa shape index (κ2) is 8.97. The summed E-state index contributed by atoms with van der Waals surface area (Å²) in [6.07, 6.45) is -4.22. The molecule has 9 nitrogen and oxygen atoms in total. The summed E-state index contributed by atoms with van der Waals surface area (Å²) in [6.45, 7) is 4.47.